The van der Waals surface area contributed by atoms with Gasteiger partial charge in [0.1, 0.15) is 7.38 Å². The number of unbranched alkanes of at least 4 members (excludes halogenated alkanes) is 6. The van der Waals surface area contributed by atoms with Gasteiger partial charge in [0.15, 0.2) is 0 Å². The van der Waals surface area contributed by atoms with Crippen LogP contribution in [0.25, 0.3) is 0 Å². The van der Waals surface area contributed by atoms with Crippen LogP contribution in [0, 0.1) is 46.3 Å². The number of fused-ring (bicyclic) bond motifs is 5. The van der Waals surface area contributed by atoms with Crippen LogP contribution in [0.4, 0.5) is 4.79 Å². The molecule has 428 valence electrons. The minimum atomic E-state index is -1.56. The quantitative estimate of drug-likeness (QED) is 0.0222. The van der Waals surface area contributed by atoms with E-state index in [-0.39, 0.29) is 35.0 Å². The van der Waals surface area contributed by atoms with Gasteiger partial charge in [-0.3, -0.25) is 4.79 Å². The molecule has 0 heterocycles. The normalized spacial score (nSPS) is 28.3. The lowest BCUT2D eigenvalue weighted by Gasteiger charge is -2.65. The Hall–Kier alpha value is -1.11. The number of hydrogen-bond acceptors (Lipinski definition) is 11. The molecule has 11 atom stereocenters. The first-order valence-electron chi connectivity index (χ1n) is 29.9. The fraction of sp³-hybridized carbons (Fsp3) is 0.965. The van der Waals surface area contributed by atoms with Crippen molar-refractivity contribution < 1.29 is 38.0 Å². The molecule has 4 aliphatic carbocycles. The third-order valence-corrected chi connectivity index (χ3v) is 20.0. The zero-order valence-electron chi connectivity index (χ0n) is 47.4. The number of carbonyl (C=O) groups excluding carboxylic acids is 2. The second-order valence-corrected chi connectivity index (χ2v) is 30.7. The van der Waals surface area contributed by atoms with Gasteiger partial charge in [-0.05, 0) is 156 Å². The number of amides is 3. The highest BCUT2D eigenvalue weighted by Gasteiger charge is 2.66. The van der Waals surface area contributed by atoms with E-state index in [1.807, 2.05) is 0 Å². The summed E-state index contributed by atoms with van der Waals surface area (Å²) < 4.78 is 37.7. The van der Waals surface area contributed by atoms with E-state index in [9.17, 15) is 9.59 Å². The van der Waals surface area contributed by atoms with Gasteiger partial charge in [-0.15, -0.1) is 0 Å². The van der Waals surface area contributed by atoms with Crippen LogP contribution < -0.4 is 27.8 Å². The average Bonchev–Trinajstić information content (AvgIpc) is 3.72. The molecule has 0 bridgehead atoms. The average molecular weight is 1070 g/mol. The maximum Gasteiger partial charge on any atom is 0.317 e. The summed E-state index contributed by atoms with van der Waals surface area (Å²) in [4.78, 5) is 27.9. The van der Waals surface area contributed by atoms with Gasteiger partial charge in [0.25, 0.3) is 0 Å². The van der Waals surface area contributed by atoms with E-state index >= 15 is 0 Å². The summed E-state index contributed by atoms with van der Waals surface area (Å²) in [5.74, 6) is 3.25. The number of ether oxygens (including phenoxy) is 6. The lowest BCUT2D eigenvalue weighted by atomic mass is 9.43. The molecule has 4 rings (SSSR count). The molecule has 8 N–H and O–H groups in total. The Morgan fingerprint density at radius 1 is 0.685 bits per heavy atom. The SMILES string of the molecule is CCCCCCCCN(CCC[C@@H](C)C1CC[C@H]2C3[C@H](OCCCN)CC4C[C@H](OCCCN)CCC4(C)[C@H]3C[C@H](OCCCN)[C@@]12C)C(=O)NCCOCCOCCOCCNC(=O)CCCC[Si](C)(C)Cl. The maximum atomic E-state index is 13.8. The molecule has 0 aromatic rings. The Bertz CT molecular complexity index is 1490. The molecule has 0 saturated heterocycles. The van der Waals surface area contributed by atoms with Gasteiger partial charge in [-0.25, -0.2) is 4.79 Å². The van der Waals surface area contributed by atoms with Crippen molar-refractivity contribution in [1.82, 2.24) is 15.5 Å². The predicted octanol–water partition coefficient (Wildman–Crippen LogP) is 9.64. The second kappa shape index (κ2) is 35.4. The number of nitrogens with two attached hydrogens (primary N) is 3. The minimum absolute atomic E-state index is 0.00628. The molecule has 4 unspecified atom stereocenters. The molecule has 3 amide bonds. The van der Waals surface area contributed by atoms with Gasteiger partial charge >= 0.3 is 6.03 Å². The number of hydrogen-bond donors (Lipinski definition) is 5. The van der Waals surface area contributed by atoms with E-state index in [4.69, 9.17) is 56.7 Å². The highest BCUT2D eigenvalue weighted by atomic mass is 35.6. The number of nitrogens with one attached hydrogen (secondary N) is 2. The fourth-order valence-electron chi connectivity index (χ4n) is 13.9. The monoisotopic (exact) mass is 1070 g/mol. The number of rotatable bonds is 41. The number of nitrogens with zero attached hydrogens (tertiary/aromatic N) is 1. The van der Waals surface area contributed by atoms with Gasteiger partial charge in [0, 0.05) is 57.8 Å². The highest BCUT2D eigenvalue weighted by Crippen LogP contribution is 2.69. The molecule has 0 aliphatic heterocycles. The topological polar surface area (TPSA) is 195 Å². The lowest BCUT2D eigenvalue weighted by molar-refractivity contribution is -0.227. The van der Waals surface area contributed by atoms with Gasteiger partial charge in [0.05, 0.1) is 58.0 Å². The van der Waals surface area contributed by atoms with Crippen molar-refractivity contribution in [2.75, 3.05) is 105 Å². The zero-order chi connectivity index (χ0) is 53.0. The Kier molecular flexibility index (Phi) is 31.2. The smallest absolute Gasteiger partial charge is 0.317 e. The van der Waals surface area contributed by atoms with Crippen molar-refractivity contribution in [3.8, 4) is 0 Å². The van der Waals surface area contributed by atoms with Gasteiger partial charge in [-0.2, -0.15) is 11.1 Å². The summed E-state index contributed by atoms with van der Waals surface area (Å²) in [6, 6.07) is 1.04. The summed E-state index contributed by atoms with van der Waals surface area (Å²) >= 11 is 6.37. The molecule has 14 nitrogen and oxygen atoms in total. The van der Waals surface area contributed by atoms with Gasteiger partial charge < -0.3 is 61.2 Å². The summed E-state index contributed by atoms with van der Waals surface area (Å²) in [6.45, 7) is 23.6. The molecule has 4 saturated carbocycles. The summed E-state index contributed by atoms with van der Waals surface area (Å²) in [5, 5.41) is 6.08. The molecule has 73 heavy (non-hydrogen) atoms. The summed E-state index contributed by atoms with van der Waals surface area (Å²) in [6.07, 6.45) is 23.1. The van der Waals surface area contributed by atoms with Crippen molar-refractivity contribution >= 4 is 30.4 Å². The van der Waals surface area contributed by atoms with Crippen molar-refractivity contribution in [3.05, 3.63) is 0 Å². The Balaban J connectivity index is 1.27. The molecule has 0 aromatic heterocycles. The molecule has 16 heteroatoms. The minimum Gasteiger partial charge on any atom is -0.378 e. The Labute approximate surface area is 450 Å². The van der Waals surface area contributed by atoms with Crippen molar-refractivity contribution in [2.24, 2.45) is 63.5 Å². The van der Waals surface area contributed by atoms with Crippen LogP contribution in [-0.2, 0) is 33.2 Å². The highest BCUT2D eigenvalue weighted by molar-refractivity contribution is 7.19. The van der Waals surface area contributed by atoms with E-state index in [1.54, 1.807) is 0 Å². The maximum absolute atomic E-state index is 13.8. The molecule has 0 aromatic carbocycles. The lowest BCUT2D eigenvalue weighted by Crippen LogP contribution is -2.63. The molecule has 0 radical (unpaired) electrons. The number of halogens is 1. The van der Waals surface area contributed by atoms with Crippen LogP contribution in [0.5, 0.6) is 0 Å². The number of urea groups is 1. The summed E-state index contributed by atoms with van der Waals surface area (Å²) in [7, 11) is -1.56. The van der Waals surface area contributed by atoms with Crippen LogP contribution in [-0.4, -0.2) is 148 Å². The van der Waals surface area contributed by atoms with Crippen LogP contribution in [0.1, 0.15) is 163 Å². The first kappa shape index (κ1) is 64.4. The van der Waals surface area contributed by atoms with E-state index in [2.05, 4.69) is 56.3 Å². The molecule has 4 fully saturated rings. The summed E-state index contributed by atoms with van der Waals surface area (Å²) in [5.41, 5.74) is 18.2. The molecule has 0 spiro atoms. The molecular weight excluding hydrogens is 960 g/mol. The van der Waals surface area contributed by atoms with Crippen LogP contribution in [0.15, 0.2) is 0 Å². The van der Waals surface area contributed by atoms with E-state index in [0.717, 1.165) is 116 Å². The fourth-order valence-corrected chi connectivity index (χ4v) is 15.4. The van der Waals surface area contributed by atoms with Crippen molar-refractivity contribution in [3.63, 3.8) is 0 Å². The van der Waals surface area contributed by atoms with Gasteiger partial charge in [0.2, 0.25) is 5.91 Å². The van der Waals surface area contributed by atoms with E-state index in [1.165, 1.54) is 44.9 Å². The third-order valence-electron chi connectivity index (χ3n) is 17.9. The standard InChI is InChI=1S/C57H111ClN6O8Si/c1-7-8-9-10-11-13-30-64(55(66)63-29-36-68-38-40-69-39-37-67-35-28-62-53(65)20-12-14-41-73(5,6)58)31-15-19-45(2)48-21-22-49-54-50(44-52(57(48,49)4)72-34-18-27-61)56(3)24-23-47(70-32-16-25-59)42-46(56)43-51(54)71-33-17-26-60/h45-52,54H,7-44,59-61H2,1-6H3,(H,62,65)(H,63,66)/t45-,46?,47-,48?,49+,50+,51-,52+,54?,56?,57+/m1/s1. The number of carbonyl (C=O) groups is 2. The Morgan fingerprint density at radius 3 is 1.97 bits per heavy atom. The van der Waals surface area contributed by atoms with E-state index in [0.29, 0.717) is 127 Å². The van der Waals surface area contributed by atoms with Gasteiger partial charge in [-0.1, -0.05) is 79.3 Å². The molecular formula is C57H111ClN6O8Si. The van der Waals surface area contributed by atoms with E-state index < -0.39 is 7.38 Å². The zero-order valence-corrected chi connectivity index (χ0v) is 49.1. The second-order valence-electron chi connectivity index (χ2n) is 23.7. The first-order valence-corrected chi connectivity index (χ1v) is 34.1. The predicted molar refractivity (Wildman–Crippen MR) is 300 cm³/mol. The van der Waals surface area contributed by atoms with Crippen molar-refractivity contribution in [1.29, 1.82) is 0 Å². The van der Waals surface area contributed by atoms with Crippen LogP contribution >= 0.6 is 11.1 Å². The van der Waals surface area contributed by atoms with Crippen LogP contribution in [0.3, 0.4) is 0 Å². The third kappa shape index (κ3) is 21.6. The largest absolute Gasteiger partial charge is 0.378 e. The molecule has 4 aliphatic rings. The Morgan fingerprint density at radius 2 is 1.30 bits per heavy atom. The first-order chi connectivity index (χ1) is 35.2. The van der Waals surface area contributed by atoms with Crippen LogP contribution in [0.2, 0.25) is 19.1 Å². The van der Waals surface area contributed by atoms with Crippen molar-refractivity contribution in [2.45, 2.75) is 200 Å².